The number of hydrogen-bond acceptors (Lipinski definition) is 3. The maximum absolute atomic E-state index is 9.60. The fourth-order valence-corrected chi connectivity index (χ4v) is 3.01. The number of ether oxygens (including phenoxy) is 1. The lowest BCUT2D eigenvalue weighted by molar-refractivity contribution is -0.126. The van der Waals surface area contributed by atoms with Gasteiger partial charge in [-0.2, -0.15) is 0 Å². The van der Waals surface area contributed by atoms with Crippen LogP contribution in [-0.4, -0.2) is 29.5 Å². The molecular formula is C15H31NO2. The van der Waals surface area contributed by atoms with Crippen LogP contribution in [0.4, 0.5) is 0 Å². The summed E-state index contributed by atoms with van der Waals surface area (Å²) in [5.41, 5.74) is 5.77. The molecule has 0 aliphatic heterocycles. The molecule has 4 unspecified atom stereocenters. The molecule has 0 spiro atoms. The van der Waals surface area contributed by atoms with Gasteiger partial charge in [-0.15, -0.1) is 0 Å². The minimum atomic E-state index is -0.428. The van der Waals surface area contributed by atoms with Crippen molar-refractivity contribution in [2.45, 2.75) is 83.5 Å². The van der Waals surface area contributed by atoms with Crippen molar-refractivity contribution >= 4 is 0 Å². The average molecular weight is 257 g/mol. The second-order valence-corrected chi connectivity index (χ2v) is 6.04. The molecule has 4 atom stereocenters. The maximum atomic E-state index is 9.60. The third-order valence-corrected chi connectivity index (χ3v) is 4.44. The molecule has 1 saturated carbocycles. The van der Waals surface area contributed by atoms with E-state index in [4.69, 9.17) is 10.5 Å². The molecule has 0 radical (unpaired) electrons. The molecule has 18 heavy (non-hydrogen) atoms. The lowest BCUT2D eigenvalue weighted by atomic mass is 9.91. The van der Waals surface area contributed by atoms with Crippen molar-refractivity contribution in [3.8, 4) is 0 Å². The van der Waals surface area contributed by atoms with E-state index in [2.05, 4.69) is 6.92 Å². The van der Waals surface area contributed by atoms with Crippen molar-refractivity contribution in [1.82, 2.24) is 0 Å². The van der Waals surface area contributed by atoms with Gasteiger partial charge in [-0.3, -0.25) is 0 Å². The molecular weight excluding hydrogens is 226 g/mol. The van der Waals surface area contributed by atoms with Gasteiger partial charge in [-0.25, -0.2) is 0 Å². The topological polar surface area (TPSA) is 55.5 Å². The van der Waals surface area contributed by atoms with E-state index >= 15 is 0 Å². The van der Waals surface area contributed by atoms with Crippen LogP contribution in [0.2, 0.25) is 0 Å². The number of nitrogens with two attached hydrogens (primary N) is 1. The van der Waals surface area contributed by atoms with Crippen molar-refractivity contribution in [1.29, 1.82) is 0 Å². The van der Waals surface area contributed by atoms with Crippen LogP contribution in [-0.2, 0) is 4.74 Å². The fraction of sp³-hybridized carbons (Fsp3) is 1.00. The minimum absolute atomic E-state index is 0.128. The second kappa shape index (κ2) is 7.46. The van der Waals surface area contributed by atoms with E-state index in [0.29, 0.717) is 6.54 Å². The zero-order chi connectivity index (χ0) is 13.6. The smallest absolute Gasteiger partial charge is 0.0811 e. The number of hydrogen-bond donors (Lipinski definition) is 2. The highest BCUT2D eigenvalue weighted by atomic mass is 16.5. The molecule has 3 heteroatoms. The third-order valence-electron chi connectivity index (χ3n) is 4.44. The Bertz CT molecular complexity index is 233. The van der Waals surface area contributed by atoms with Crippen molar-refractivity contribution < 1.29 is 9.84 Å². The molecule has 0 bridgehead atoms. The summed E-state index contributed by atoms with van der Waals surface area (Å²) in [5.74, 6) is 0.842. The van der Waals surface area contributed by atoms with Crippen molar-refractivity contribution in [2.24, 2.45) is 11.7 Å². The Morgan fingerprint density at radius 1 is 1.33 bits per heavy atom. The van der Waals surface area contributed by atoms with Gasteiger partial charge in [-0.1, -0.05) is 32.6 Å². The first kappa shape index (κ1) is 15.9. The molecule has 108 valence electrons. The minimum Gasteiger partial charge on any atom is -0.391 e. The first-order valence-corrected chi connectivity index (χ1v) is 7.59. The Morgan fingerprint density at radius 2 is 2.06 bits per heavy atom. The van der Waals surface area contributed by atoms with Gasteiger partial charge in [0, 0.05) is 6.54 Å². The second-order valence-electron chi connectivity index (χ2n) is 6.04. The van der Waals surface area contributed by atoms with Crippen LogP contribution in [0.1, 0.15) is 65.7 Å². The first-order chi connectivity index (χ1) is 8.53. The summed E-state index contributed by atoms with van der Waals surface area (Å²) < 4.78 is 6.12. The Morgan fingerprint density at radius 3 is 2.61 bits per heavy atom. The predicted molar refractivity (Wildman–Crippen MR) is 75.5 cm³/mol. The quantitative estimate of drug-likeness (QED) is 0.719. The van der Waals surface area contributed by atoms with E-state index in [0.717, 1.165) is 18.8 Å². The summed E-state index contributed by atoms with van der Waals surface area (Å²) >= 11 is 0. The summed E-state index contributed by atoms with van der Waals surface area (Å²) in [6, 6.07) is 0. The van der Waals surface area contributed by atoms with Gasteiger partial charge in [0.15, 0.2) is 0 Å². The van der Waals surface area contributed by atoms with Gasteiger partial charge in [0.05, 0.1) is 17.8 Å². The monoisotopic (exact) mass is 257 g/mol. The van der Waals surface area contributed by atoms with Crippen molar-refractivity contribution in [3.05, 3.63) is 0 Å². The zero-order valence-corrected chi connectivity index (χ0v) is 12.3. The molecule has 1 aliphatic rings. The van der Waals surface area contributed by atoms with Gasteiger partial charge in [0.1, 0.15) is 0 Å². The van der Waals surface area contributed by atoms with Crippen LogP contribution in [0.15, 0.2) is 0 Å². The Balaban J connectivity index is 2.58. The lowest BCUT2D eigenvalue weighted by Gasteiger charge is -2.35. The molecule has 0 saturated heterocycles. The zero-order valence-electron chi connectivity index (χ0n) is 12.3. The number of aliphatic hydroxyl groups excluding tert-OH is 1. The number of aliphatic hydroxyl groups is 1. The molecule has 0 aromatic heterocycles. The third kappa shape index (κ3) is 4.52. The van der Waals surface area contributed by atoms with Crippen LogP contribution < -0.4 is 5.73 Å². The molecule has 0 aromatic rings. The Kier molecular flexibility index (Phi) is 6.61. The highest BCUT2D eigenvalue weighted by molar-refractivity contribution is 4.87. The normalized spacial score (nSPS) is 32.8. The standard InChI is InChI=1S/C15H31NO2/c1-4-6-14-7-5-9-15(11-16,10-8-14)18-13(3)12(2)17/h12-14,17H,4-11,16H2,1-3H3. The van der Waals surface area contributed by atoms with E-state index in [1.807, 2.05) is 6.92 Å². The molecule has 3 nitrogen and oxygen atoms in total. The molecule has 0 amide bonds. The summed E-state index contributed by atoms with van der Waals surface area (Å²) in [5, 5.41) is 9.60. The summed E-state index contributed by atoms with van der Waals surface area (Å²) in [6.07, 6.45) is 7.86. The van der Waals surface area contributed by atoms with E-state index in [1.54, 1.807) is 6.92 Å². The summed E-state index contributed by atoms with van der Waals surface area (Å²) in [6.45, 7) is 6.55. The fourth-order valence-electron chi connectivity index (χ4n) is 3.01. The highest BCUT2D eigenvalue weighted by Gasteiger charge is 2.35. The molecule has 0 aromatic carbocycles. The predicted octanol–water partition coefficient (Wildman–Crippen LogP) is 2.85. The van der Waals surface area contributed by atoms with Crippen LogP contribution in [0.25, 0.3) is 0 Å². The summed E-state index contributed by atoms with van der Waals surface area (Å²) in [7, 11) is 0. The van der Waals surface area contributed by atoms with E-state index in [9.17, 15) is 5.11 Å². The van der Waals surface area contributed by atoms with Crippen LogP contribution in [0.5, 0.6) is 0 Å². The van der Waals surface area contributed by atoms with Crippen LogP contribution in [0.3, 0.4) is 0 Å². The van der Waals surface area contributed by atoms with E-state index in [1.165, 1.54) is 32.1 Å². The Labute approximate surface area is 112 Å². The molecule has 0 heterocycles. The largest absolute Gasteiger partial charge is 0.391 e. The van der Waals surface area contributed by atoms with Crippen molar-refractivity contribution in [3.63, 3.8) is 0 Å². The number of rotatable bonds is 6. The summed E-state index contributed by atoms with van der Waals surface area (Å²) in [4.78, 5) is 0. The van der Waals surface area contributed by atoms with Gasteiger partial charge < -0.3 is 15.6 Å². The molecule has 3 N–H and O–H groups in total. The molecule has 1 aliphatic carbocycles. The first-order valence-electron chi connectivity index (χ1n) is 7.59. The average Bonchev–Trinajstić information content (AvgIpc) is 2.53. The van der Waals surface area contributed by atoms with Crippen LogP contribution in [0, 0.1) is 5.92 Å². The highest BCUT2D eigenvalue weighted by Crippen LogP contribution is 2.35. The van der Waals surface area contributed by atoms with Gasteiger partial charge in [-0.05, 0) is 39.0 Å². The van der Waals surface area contributed by atoms with Crippen molar-refractivity contribution in [2.75, 3.05) is 6.54 Å². The Hall–Kier alpha value is -0.120. The van der Waals surface area contributed by atoms with Gasteiger partial charge in [0.2, 0.25) is 0 Å². The van der Waals surface area contributed by atoms with E-state index in [-0.39, 0.29) is 11.7 Å². The van der Waals surface area contributed by atoms with Gasteiger partial charge in [0.25, 0.3) is 0 Å². The van der Waals surface area contributed by atoms with Gasteiger partial charge >= 0.3 is 0 Å². The van der Waals surface area contributed by atoms with E-state index < -0.39 is 6.10 Å². The maximum Gasteiger partial charge on any atom is 0.0811 e. The SMILES string of the molecule is CCCC1CCCC(CN)(OC(C)C(C)O)CC1. The molecule has 1 rings (SSSR count). The lowest BCUT2D eigenvalue weighted by Crippen LogP contribution is -2.45. The van der Waals surface area contributed by atoms with Crippen LogP contribution >= 0.6 is 0 Å². The molecule has 1 fully saturated rings.